The van der Waals surface area contributed by atoms with Crippen LogP contribution in [0.5, 0.6) is 5.75 Å². The van der Waals surface area contributed by atoms with Gasteiger partial charge in [0.2, 0.25) is 0 Å². The van der Waals surface area contributed by atoms with Crippen LogP contribution in [0.1, 0.15) is 5.56 Å². The Labute approximate surface area is 137 Å². The molecule has 0 aromatic heterocycles. The summed E-state index contributed by atoms with van der Waals surface area (Å²) in [6.07, 6.45) is 0. The van der Waals surface area contributed by atoms with Crippen LogP contribution in [0.3, 0.4) is 0 Å². The number of nitrogens with zero attached hydrogens (tertiary/aromatic N) is 1. The van der Waals surface area contributed by atoms with E-state index in [0.29, 0.717) is 5.75 Å². The van der Waals surface area contributed by atoms with Gasteiger partial charge in [0.1, 0.15) is 5.75 Å². The number of urea groups is 1. The largest absolute Gasteiger partial charge is 0.473 e. The lowest BCUT2D eigenvalue weighted by molar-refractivity contribution is -0.384. The van der Waals surface area contributed by atoms with Gasteiger partial charge in [-0.05, 0) is 25.1 Å². The van der Waals surface area contributed by atoms with Crippen LogP contribution < -0.4 is 15.4 Å². The average Bonchev–Trinajstić information content (AvgIpc) is 2.51. The first-order valence-corrected chi connectivity index (χ1v) is 7.02. The van der Waals surface area contributed by atoms with E-state index in [0.717, 1.165) is 5.56 Å². The molecule has 2 aromatic rings. The maximum Gasteiger partial charge on any atom is 0.321 e. The van der Waals surface area contributed by atoms with Crippen molar-refractivity contribution in [1.29, 1.82) is 0 Å². The zero-order valence-corrected chi connectivity index (χ0v) is 13.0. The summed E-state index contributed by atoms with van der Waals surface area (Å²) < 4.78 is 5.35. The second kappa shape index (κ2) is 7.46. The highest BCUT2D eigenvalue weighted by molar-refractivity contribution is 6.33. The molecule has 0 bridgehead atoms. The summed E-state index contributed by atoms with van der Waals surface area (Å²) in [6, 6.07) is 10.5. The maximum absolute atomic E-state index is 11.8. The fraction of sp³-hybridized carbons (Fsp3) is 0.133. The summed E-state index contributed by atoms with van der Waals surface area (Å²) >= 11 is 5.89. The molecular formula is C15H14ClN3O4. The number of carbonyl (C=O) groups is 1. The lowest BCUT2D eigenvalue weighted by atomic mass is 10.2. The first kappa shape index (κ1) is 16.6. The number of carbonyl (C=O) groups excluding carboxylic acids is 1. The summed E-state index contributed by atoms with van der Waals surface area (Å²) in [7, 11) is 0. The highest BCUT2D eigenvalue weighted by atomic mass is 35.5. The van der Waals surface area contributed by atoms with E-state index in [4.69, 9.17) is 16.3 Å². The molecule has 2 amide bonds. The van der Waals surface area contributed by atoms with Crippen molar-refractivity contribution in [3.8, 4) is 5.75 Å². The Hall–Kier alpha value is -2.80. The van der Waals surface area contributed by atoms with Crippen molar-refractivity contribution in [2.75, 3.05) is 12.0 Å². The van der Waals surface area contributed by atoms with E-state index in [1.165, 1.54) is 18.2 Å². The highest BCUT2D eigenvalue weighted by Gasteiger charge is 2.11. The third-order valence-electron chi connectivity index (χ3n) is 2.90. The van der Waals surface area contributed by atoms with E-state index in [1.807, 2.05) is 19.1 Å². The van der Waals surface area contributed by atoms with Gasteiger partial charge >= 0.3 is 6.03 Å². The molecule has 0 saturated carbocycles. The van der Waals surface area contributed by atoms with Crippen molar-refractivity contribution in [3.05, 3.63) is 63.2 Å². The van der Waals surface area contributed by atoms with Gasteiger partial charge in [0.25, 0.3) is 5.69 Å². The number of nitro benzene ring substituents is 1. The Kier molecular flexibility index (Phi) is 5.37. The second-order valence-electron chi connectivity index (χ2n) is 4.65. The Bertz CT molecular complexity index is 719. The number of nitro groups is 1. The van der Waals surface area contributed by atoms with Gasteiger partial charge in [-0.2, -0.15) is 0 Å². The fourth-order valence-corrected chi connectivity index (χ4v) is 1.87. The number of non-ortho nitro benzene ring substituents is 1. The Morgan fingerprint density at radius 3 is 2.61 bits per heavy atom. The highest BCUT2D eigenvalue weighted by Crippen LogP contribution is 2.26. The monoisotopic (exact) mass is 335 g/mol. The zero-order chi connectivity index (χ0) is 16.8. The van der Waals surface area contributed by atoms with Crippen LogP contribution in [-0.4, -0.2) is 17.7 Å². The molecule has 0 heterocycles. The maximum atomic E-state index is 11.8. The molecule has 0 radical (unpaired) electrons. The molecule has 0 fully saturated rings. The van der Waals surface area contributed by atoms with Crippen LogP contribution in [0.2, 0.25) is 5.02 Å². The van der Waals surface area contributed by atoms with Gasteiger partial charge in [-0.3, -0.25) is 10.1 Å². The number of hydrogen-bond acceptors (Lipinski definition) is 4. The van der Waals surface area contributed by atoms with Crippen molar-refractivity contribution >= 4 is 29.0 Å². The topological polar surface area (TPSA) is 93.5 Å². The minimum absolute atomic E-state index is 0.0541. The molecule has 0 aliphatic carbocycles. The molecule has 0 spiro atoms. The van der Waals surface area contributed by atoms with Crippen molar-refractivity contribution in [3.63, 3.8) is 0 Å². The van der Waals surface area contributed by atoms with Crippen LogP contribution in [0.15, 0.2) is 42.5 Å². The van der Waals surface area contributed by atoms with Crippen molar-refractivity contribution in [1.82, 2.24) is 5.32 Å². The van der Waals surface area contributed by atoms with Gasteiger partial charge in [0, 0.05) is 12.1 Å². The number of benzene rings is 2. The van der Waals surface area contributed by atoms with Crippen LogP contribution in [0.4, 0.5) is 16.2 Å². The zero-order valence-electron chi connectivity index (χ0n) is 12.2. The summed E-state index contributed by atoms with van der Waals surface area (Å²) in [5.41, 5.74) is 1.08. The number of aryl methyl sites for hydroxylation is 1. The van der Waals surface area contributed by atoms with Gasteiger partial charge in [-0.1, -0.05) is 29.3 Å². The minimum Gasteiger partial charge on any atom is -0.473 e. The van der Waals surface area contributed by atoms with Crippen LogP contribution in [-0.2, 0) is 0 Å². The molecule has 2 rings (SSSR count). The smallest absolute Gasteiger partial charge is 0.321 e. The predicted molar refractivity (Wildman–Crippen MR) is 86.9 cm³/mol. The Balaban J connectivity index is 1.88. The fourth-order valence-electron chi connectivity index (χ4n) is 1.71. The third kappa shape index (κ3) is 4.86. The van der Waals surface area contributed by atoms with E-state index in [1.54, 1.807) is 12.1 Å². The van der Waals surface area contributed by atoms with E-state index < -0.39 is 11.0 Å². The number of ether oxygens (including phenoxy) is 1. The van der Waals surface area contributed by atoms with E-state index in [9.17, 15) is 14.9 Å². The van der Waals surface area contributed by atoms with Gasteiger partial charge in [-0.25, -0.2) is 4.79 Å². The molecular weight excluding hydrogens is 322 g/mol. The summed E-state index contributed by atoms with van der Waals surface area (Å²) in [5.74, 6) is 0.615. The quantitative estimate of drug-likeness (QED) is 0.494. The number of anilines is 1. The number of amides is 2. The minimum atomic E-state index is -0.584. The SMILES string of the molecule is Cc1ccc(OCNC(=O)Nc2cc([N+](=O)[O-])ccc2Cl)cc1. The number of rotatable bonds is 5. The number of nitrogens with one attached hydrogen (secondary N) is 2. The first-order valence-electron chi connectivity index (χ1n) is 6.64. The number of hydrogen-bond donors (Lipinski definition) is 2. The first-order chi connectivity index (χ1) is 11.0. The third-order valence-corrected chi connectivity index (χ3v) is 3.23. The molecule has 0 aliphatic rings. The normalized spacial score (nSPS) is 10.0. The van der Waals surface area contributed by atoms with Crippen LogP contribution in [0.25, 0.3) is 0 Å². The van der Waals surface area contributed by atoms with Crippen molar-refractivity contribution < 1.29 is 14.5 Å². The standard InChI is InChI=1S/C15H14ClN3O4/c1-10-2-5-12(6-3-10)23-9-17-15(20)18-14-8-11(19(21)22)4-7-13(14)16/h2-8H,9H2,1H3,(H2,17,18,20). The van der Waals surface area contributed by atoms with Gasteiger partial charge in [0.05, 0.1) is 15.6 Å². The van der Waals surface area contributed by atoms with Crippen LogP contribution >= 0.6 is 11.6 Å². The lowest BCUT2D eigenvalue weighted by Gasteiger charge is -2.10. The summed E-state index contributed by atoms with van der Waals surface area (Å²) in [4.78, 5) is 21.9. The molecule has 2 N–H and O–H groups in total. The van der Waals surface area contributed by atoms with E-state index >= 15 is 0 Å². The van der Waals surface area contributed by atoms with Gasteiger partial charge < -0.3 is 15.4 Å². The molecule has 0 saturated heterocycles. The molecule has 23 heavy (non-hydrogen) atoms. The summed E-state index contributed by atoms with van der Waals surface area (Å²) in [6.45, 7) is 1.90. The lowest BCUT2D eigenvalue weighted by Crippen LogP contribution is -2.32. The van der Waals surface area contributed by atoms with Crippen LogP contribution in [0, 0.1) is 17.0 Å². The molecule has 0 atom stereocenters. The molecule has 2 aromatic carbocycles. The van der Waals surface area contributed by atoms with E-state index in [2.05, 4.69) is 10.6 Å². The van der Waals surface area contributed by atoms with Gasteiger partial charge in [0.15, 0.2) is 6.73 Å². The second-order valence-corrected chi connectivity index (χ2v) is 5.06. The molecule has 0 unspecified atom stereocenters. The average molecular weight is 336 g/mol. The Morgan fingerprint density at radius 1 is 1.26 bits per heavy atom. The van der Waals surface area contributed by atoms with Crippen molar-refractivity contribution in [2.24, 2.45) is 0 Å². The predicted octanol–water partition coefficient (Wildman–Crippen LogP) is 3.71. The summed E-state index contributed by atoms with van der Waals surface area (Å²) in [5, 5.41) is 15.8. The number of halogens is 1. The van der Waals surface area contributed by atoms with Crippen molar-refractivity contribution in [2.45, 2.75) is 6.92 Å². The Morgan fingerprint density at radius 2 is 1.96 bits per heavy atom. The molecule has 7 nitrogen and oxygen atoms in total. The van der Waals surface area contributed by atoms with E-state index in [-0.39, 0.29) is 23.1 Å². The molecule has 0 aliphatic heterocycles. The van der Waals surface area contributed by atoms with Gasteiger partial charge in [-0.15, -0.1) is 0 Å². The molecule has 8 heteroatoms. The molecule has 120 valence electrons.